The van der Waals surface area contributed by atoms with Crippen LogP contribution in [0.3, 0.4) is 0 Å². The Morgan fingerprint density at radius 3 is 2.43 bits per heavy atom. The highest BCUT2D eigenvalue weighted by atomic mass is 32.1. The van der Waals surface area contributed by atoms with Crippen molar-refractivity contribution in [2.24, 2.45) is 22.7 Å². The summed E-state index contributed by atoms with van der Waals surface area (Å²) >= 11 is 1.48. The minimum atomic E-state index is -0.0779. The van der Waals surface area contributed by atoms with Gasteiger partial charge in [-0.1, -0.05) is 38.9 Å². The van der Waals surface area contributed by atoms with Gasteiger partial charge in [0, 0.05) is 13.1 Å². The summed E-state index contributed by atoms with van der Waals surface area (Å²) in [6, 6.07) is 3.75. The predicted octanol–water partition coefficient (Wildman–Crippen LogP) is 2.53. The largest absolute Gasteiger partial charge is 0.384 e. The molecule has 0 saturated heterocycles. The van der Waals surface area contributed by atoms with Crippen LogP contribution in [0.4, 0.5) is 0 Å². The van der Waals surface area contributed by atoms with Crippen molar-refractivity contribution >= 4 is 23.1 Å². The number of nitrogens with two attached hydrogens (primary N) is 1. The first-order valence-corrected chi connectivity index (χ1v) is 8.05. The van der Waals surface area contributed by atoms with Crippen LogP contribution in [0.1, 0.15) is 32.6 Å². The first kappa shape index (κ1) is 17.5. The fraction of sp³-hybridized carbons (Fsp3) is 0.600. The molecule has 0 aliphatic rings. The van der Waals surface area contributed by atoms with Crippen molar-refractivity contribution in [2.45, 2.75) is 27.7 Å². The van der Waals surface area contributed by atoms with Gasteiger partial charge in [0.1, 0.15) is 0 Å². The molecule has 21 heavy (non-hydrogen) atoms. The molecular weight excluding hydrogens is 286 g/mol. The lowest BCUT2D eigenvalue weighted by Crippen LogP contribution is -2.39. The summed E-state index contributed by atoms with van der Waals surface area (Å²) in [5.41, 5.74) is 5.77. The van der Waals surface area contributed by atoms with E-state index in [0.29, 0.717) is 17.7 Å². The second-order valence-electron chi connectivity index (χ2n) is 5.81. The quantitative estimate of drug-likeness (QED) is 0.456. The van der Waals surface area contributed by atoms with E-state index < -0.39 is 0 Å². The Labute approximate surface area is 130 Å². The maximum Gasteiger partial charge on any atom is 0.263 e. The molecule has 1 rings (SSSR count). The van der Waals surface area contributed by atoms with E-state index in [-0.39, 0.29) is 12.5 Å². The summed E-state index contributed by atoms with van der Waals surface area (Å²) in [6.45, 7) is 9.74. The summed E-state index contributed by atoms with van der Waals surface area (Å²) in [4.78, 5) is 19.9. The van der Waals surface area contributed by atoms with Crippen molar-refractivity contribution in [3.8, 4) is 0 Å². The van der Waals surface area contributed by atoms with Gasteiger partial charge in [0.05, 0.1) is 4.88 Å². The SMILES string of the molecule is CC(C)CN(CC(C)C)C(=O)CO/N=C(/N)c1cccs1. The van der Waals surface area contributed by atoms with Gasteiger partial charge in [0.2, 0.25) is 0 Å². The van der Waals surface area contributed by atoms with Gasteiger partial charge in [-0.05, 0) is 23.3 Å². The van der Waals surface area contributed by atoms with Crippen molar-refractivity contribution < 1.29 is 9.63 Å². The van der Waals surface area contributed by atoms with E-state index in [4.69, 9.17) is 10.6 Å². The summed E-state index contributed by atoms with van der Waals surface area (Å²) in [6.07, 6.45) is 0. The average molecular weight is 311 g/mol. The van der Waals surface area contributed by atoms with Crippen LogP contribution in [0, 0.1) is 11.8 Å². The molecule has 6 heteroatoms. The third-order valence-corrected chi connectivity index (χ3v) is 3.54. The van der Waals surface area contributed by atoms with Crippen LogP contribution in [0.2, 0.25) is 0 Å². The molecule has 0 saturated carbocycles. The minimum absolute atomic E-state index is 0.0554. The molecule has 2 N–H and O–H groups in total. The van der Waals surface area contributed by atoms with E-state index in [2.05, 4.69) is 32.9 Å². The van der Waals surface area contributed by atoms with Crippen LogP contribution >= 0.6 is 11.3 Å². The standard InChI is InChI=1S/C15H25N3O2S/c1-11(2)8-18(9-12(3)4)14(19)10-20-17-15(16)13-6-5-7-21-13/h5-7,11-12H,8-10H2,1-4H3,(H2,16,17). The number of amides is 1. The minimum Gasteiger partial charge on any atom is -0.384 e. The van der Waals surface area contributed by atoms with Crippen molar-refractivity contribution in [2.75, 3.05) is 19.7 Å². The molecule has 0 fully saturated rings. The van der Waals surface area contributed by atoms with Gasteiger partial charge in [-0.15, -0.1) is 11.3 Å². The van der Waals surface area contributed by atoms with Gasteiger partial charge in [-0.2, -0.15) is 0 Å². The highest BCUT2D eigenvalue weighted by Crippen LogP contribution is 2.08. The van der Waals surface area contributed by atoms with Crippen LogP contribution in [-0.4, -0.2) is 36.3 Å². The maximum atomic E-state index is 12.2. The van der Waals surface area contributed by atoms with Crippen molar-refractivity contribution in [1.82, 2.24) is 4.90 Å². The zero-order chi connectivity index (χ0) is 15.8. The zero-order valence-electron chi connectivity index (χ0n) is 13.2. The number of thiophene rings is 1. The van der Waals surface area contributed by atoms with Crippen LogP contribution in [-0.2, 0) is 9.63 Å². The highest BCUT2D eigenvalue weighted by molar-refractivity contribution is 7.12. The number of oxime groups is 1. The smallest absolute Gasteiger partial charge is 0.263 e. The average Bonchev–Trinajstić information content (AvgIpc) is 2.90. The number of carbonyl (C=O) groups excluding carboxylic acids is 1. The topological polar surface area (TPSA) is 67.9 Å². The molecule has 0 aliphatic carbocycles. The number of nitrogens with zero attached hydrogens (tertiary/aromatic N) is 2. The first-order chi connectivity index (χ1) is 9.90. The van der Waals surface area contributed by atoms with E-state index in [1.165, 1.54) is 11.3 Å². The van der Waals surface area contributed by atoms with Crippen molar-refractivity contribution in [1.29, 1.82) is 0 Å². The Morgan fingerprint density at radius 1 is 1.33 bits per heavy atom. The molecule has 1 heterocycles. The Balaban J connectivity index is 2.51. The molecule has 0 radical (unpaired) electrons. The maximum absolute atomic E-state index is 12.2. The van der Waals surface area contributed by atoms with Crippen LogP contribution < -0.4 is 5.73 Å². The summed E-state index contributed by atoms with van der Waals surface area (Å²) < 4.78 is 0. The van der Waals surface area contributed by atoms with E-state index in [0.717, 1.165) is 18.0 Å². The monoisotopic (exact) mass is 311 g/mol. The summed E-state index contributed by atoms with van der Waals surface area (Å²) in [5, 5.41) is 5.72. The zero-order valence-corrected chi connectivity index (χ0v) is 14.0. The van der Waals surface area contributed by atoms with Crippen molar-refractivity contribution in [3.63, 3.8) is 0 Å². The fourth-order valence-corrected chi connectivity index (χ4v) is 2.50. The lowest BCUT2D eigenvalue weighted by molar-refractivity contribution is -0.137. The molecule has 1 aromatic heterocycles. The van der Waals surface area contributed by atoms with E-state index in [1.54, 1.807) is 0 Å². The normalized spacial score (nSPS) is 12.0. The molecule has 0 aromatic carbocycles. The summed E-state index contributed by atoms with van der Waals surface area (Å²) in [7, 11) is 0. The number of hydrogen-bond acceptors (Lipinski definition) is 4. The Kier molecular flexibility index (Phi) is 7.22. The lowest BCUT2D eigenvalue weighted by atomic mass is 10.1. The van der Waals surface area contributed by atoms with Crippen LogP contribution in [0.25, 0.3) is 0 Å². The van der Waals surface area contributed by atoms with Crippen LogP contribution in [0.5, 0.6) is 0 Å². The van der Waals surface area contributed by atoms with E-state index in [9.17, 15) is 4.79 Å². The molecular formula is C15H25N3O2S. The third-order valence-electron chi connectivity index (χ3n) is 2.65. The number of hydrogen-bond donors (Lipinski definition) is 1. The molecule has 0 spiro atoms. The molecule has 1 amide bonds. The molecule has 118 valence electrons. The van der Waals surface area contributed by atoms with E-state index >= 15 is 0 Å². The fourth-order valence-electron chi connectivity index (χ4n) is 1.88. The van der Waals surface area contributed by atoms with Gasteiger partial charge in [0.15, 0.2) is 12.4 Å². The molecule has 1 aromatic rings. The Bertz CT molecular complexity index is 445. The molecule has 0 unspecified atom stereocenters. The first-order valence-electron chi connectivity index (χ1n) is 7.17. The second kappa shape index (κ2) is 8.67. The highest BCUT2D eigenvalue weighted by Gasteiger charge is 2.16. The van der Waals surface area contributed by atoms with Gasteiger partial charge in [-0.3, -0.25) is 4.79 Å². The molecule has 5 nitrogen and oxygen atoms in total. The van der Waals surface area contributed by atoms with Gasteiger partial charge < -0.3 is 15.5 Å². The van der Waals surface area contributed by atoms with E-state index in [1.807, 2.05) is 22.4 Å². The van der Waals surface area contributed by atoms with Crippen LogP contribution in [0.15, 0.2) is 22.7 Å². The molecule has 0 atom stereocenters. The number of amidine groups is 1. The molecule has 0 bridgehead atoms. The van der Waals surface area contributed by atoms with Gasteiger partial charge >= 0.3 is 0 Å². The number of carbonyl (C=O) groups is 1. The van der Waals surface area contributed by atoms with Gasteiger partial charge in [-0.25, -0.2) is 0 Å². The Morgan fingerprint density at radius 2 is 1.95 bits per heavy atom. The predicted molar refractivity (Wildman–Crippen MR) is 87.3 cm³/mol. The third kappa shape index (κ3) is 6.62. The second-order valence-corrected chi connectivity index (χ2v) is 6.76. The molecule has 0 aliphatic heterocycles. The Hall–Kier alpha value is -1.56. The summed E-state index contributed by atoms with van der Waals surface area (Å²) in [5.74, 6) is 1.09. The van der Waals surface area contributed by atoms with Crippen molar-refractivity contribution in [3.05, 3.63) is 22.4 Å². The number of rotatable bonds is 8. The lowest BCUT2D eigenvalue weighted by Gasteiger charge is -2.25. The van der Waals surface area contributed by atoms with Gasteiger partial charge in [0.25, 0.3) is 5.91 Å².